The summed E-state index contributed by atoms with van der Waals surface area (Å²) in [7, 11) is 1.40. The first-order valence-corrected chi connectivity index (χ1v) is 9.56. The minimum atomic E-state index is -0.510. The number of hydrogen-bond donors (Lipinski definition) is 1. The van der Waals surface area contributed by atoms with E-state index in [2.05, 4.69) is 10.2 Å². The SMILES string of the molecule is COc1cc([N+](=O)[O-])ccc1NC(=O)CCN1CCO[C@H](c2ccc(Cl)cc2)C1. The summed E-state index contributed by atoms with van der Waals surface area (Å²) in [4.78, 5) is 24.9. The maximum Gasteiger partial charge on any atom is 0.273 e. The van der Waals surface area contributed by atoms with Crippen LogP contribution in [0.2, 0.25) is 5.02 Å². The molecule has 0 aromatic heterocycles. The number of non-ortho nitro benzene ring substituents is 1. The number of nitro benzene ring substituents is 1. The van der Waals surface area contributed by atoms with Crippen LogP contribution in [0.1, 0.15) is 18.1 Å². The highest BCUT2D eigenvalue weighted by molar-refractivity contribution is 6.30. The average molecular weight is 420 g/mol. The van der Waals surface area contributed by atoms with Crippen LogP contribution in [-0.4, -0.2) is 49.1 Å². The molecule has 2 aromatic carbocycles. The second kappa shape index (κ2) is 9.69. The molecule has 1 N–H and O–H groups in total. The third-order valence-corrected chi connectivity index (χ3v) is 4.97. The number of nitro groups is 1. The predicted molar refractivity (Wildman–Crippen MR) is 109 cm³/mol. The number of ether oxygens (including phenoxy) is 2. The van der Waals surface area contributed by atoms with Gasteiger partial charge in [-0.05, 0) is 23.8 Å². The van der Waals surface area contributed by atoms with Crippen LogP contribution in [0.5, 0.6) is 5.75 Å². The molecule has 1 heterocycles. The molecule has 1 aliphatic heterocycles. The van der Waals surface area contributed by atoms with Crippen molar-refractivity contribution in [2.75, 3.05) is 38.7 Å². The largest absolute Gasteiger partial charge is 0.494 e. The van der Waals surface area contributed by atoms with E-state index in [0.29, 0.717) is 30.4 Å². The molecule has 1 fully saturated rings. The van der Waals surface area contributed by atoms with E-state index in [1.54, 1.807) is 0 Å². The van der Waals surface area contributed by atoms with Gasteiger partial charge in [0, 0.05) is 37.1 Å². The van der Waals surface area contributed by atoms with Gasteiger partial charge in [-0.1, -0.05) is 23.7 Å². The van der Waals surface area contributed by atoms with Crippen LogP contribution >= 0.6 is 11.6 Å². The summed E-state index contributed by atoms with van der Waals surface area (Å²) < 4.78 is 11.0. The minimum Gasteiger partial charge on any atom is -0.494 e. The maximum atomic E-state index is 12.4. The Balaban J connectivity index is 1.54. The van der Waals surface area contributed by atoms with Crippen LogP contribution < -0.4 is 10.1 Å². The van der Waals surface area contributed by atoms with Gasteiger partial charge in [0.2, 0.25) is 5.91 Å². The first-order chi connectivity index (χ1) is 14.0. The van der Waals surface area contributed by atoms with Crippen LogP contribution in [0.4, 0.5) is 11.4 Å². The number of benzene rings is 2. The van der Waals surface area contributed by atoms with E-state index in [4.69, 9.17) is 21.1 Å². The molecule has 8 nitrogen and oxygen atoms in total. The van der Waals surface area contributed by atoms with Crippen molar-refractivity contribution in [2.24, 2.45) is 0 Å². The fraction of sp³-hybridized carbons (Fsp3) is 0.350. The molecule has 1 aliphatic rings. The fourth-order valence-electron chi connectivity index (χ4n) is 3.15. The van der Waals surface area contributed by atoms with E-state index in [1.165, 1.54) is 25.3 Å². The first-order valence-electron chi connectivity index (χ1n) is 9.18. The molecule has 0 aliphatic carbocycles. The topological polar surface area (TPSA) is 93.9 Å². The van der Waals surface area contributed by atoms with Gasteiger partial charge in [-0.3, -0.25) is 19.8 Å². The highest BCUT2D eigenvalue weighted by Gasteiger charge is 2.22. The molecule has 3 rings (SSSR count). The molecule has 0 bridgehead atoms. The molecular formula is C20H22ClN3O5. The molecular weight excluding hydrogens is 398 g/mol. The first kappa shape index (κ1) is 21.0. The number of halogens is 1. The van der Waals surface area contributed by atoms with Crippen molar-refractivity contribution in [3.63, 3.8) is 0 Å². The van der Waals surface area contributed by atoms with Gasteiger partial charge in [-0.25, -0.2) is 0 Å². The monoisotopic (exact) mass is 419 g/mol. The van der Waals surface area contributed by atoms with E-state index in [1.807, 2.05) is 24.3 Å². The molecule has 0 spiro atoms. The van der Waals surface area contributed by atoms with E-state index in [9.17, 15) is 14.9 Å². The number of hydrogen-bond acceptors (Lipinski definition) is 6. The van der Waals surface area contributed by atoms with Crippen LogP contribution in [0.3, 0.4) is 0 Å². The maximum absolute atomic E-state index is 12.4. The van der Waals surface area contributed by atoms with E-state index >= 15 is 0 Å². The fourth-order valence-corrected chi connectivity index (χ4v) is 3.28. The van der Waals surface area contributed by atoms with E-state index in [-0.39, 0.29) is 29.9 Å². The van der Waals surface area contributed by atoms with Gasteiger partial charge in [0.05, 0.1) is 36.5 Å². The van der Waals surface area contributed by atoms with Crippen molar-refractivity contribution < 1.29 is 19.2 Å². The molecule has 0 saturated carbocycles. The number of anilines is 1. The molecule has 0 radical (unpaired) electrons. The smallest absolute Gasteiger partial charge is 0.273 e. The molecule has 1 saturated heterocycles. The molecule has 9 heteroatoms. The van der Waals surface area contributed by atoms with Gasteiger partial charge < -0.3 is 14.8 Å². The van der Waals surface area contributed by atoms with Gasteiger partial charge in [0.1, 0.15) is 5.75 Å². The highest BCUT2D eigenvalue weighted by Crippen LogP contribution is 2.29. The summed E-state index contributed by atoms with van der Waals surface area (Å²) in [6.45, 7) is 2.60. The van der Waals surface area contributed by atoms with E-state index in [0.717, 1.165) is 12.1 Å². The molecule has 0 unspecified atom stereocenters. The number of carbonyl (C=O) groups is 1. The summed E-state index contributed by atoms with van der Waals surface area (Å²) >= 11 is 5.94. The third-order valence-electron chi connectivity index (χ3n) is 4.72. The second-order valence-electron chi connectivity index (χ2n) is 6.65. The number of nitrogens with one attached hydrogen (secondary N) is 1. The molecule has 154 valence electrons. The van der Waals surface area contributed by atoms with Gasteiger partial charge in [-0.15, -0.1) is 0 Å². The zero-order valence-electron chi connectivity index (χ0n) is 16.0. The Kier molecular flexibility index (Phi) is 7.03. The second-order valence-corrected chi connectivity index (χ2v) is 7.09. The summed E-state index contributed by atoms with van der Waals surface area (Å²) in [5.41, 5.74) is 1.37. The average Bonchev–Trinajstić information content (AvgIpc) is 2.73. The summed E-state index contributed by atoms with van der Waals surface area (Å²) in [6, 6.07) is 11.7. The lowest BCUT2D eigenvalue weighted by atomic mass is 10.1. The van der Waals surface area contributed by atoms with Crippen molar-refractivity contribution in [3.05, 3.63) is 63.2 Å². The normalized spacial score (nSPS) is 17.0. The number of morpholine rings is 1. The zero-order chi connectivity index (χ0) is 20.8. The number of methoxy groups -OCH3 is 1. The zero-order valence-corrected chi connectivity index (χ0v) is 16.7. The minimum absolute atomic E-state index is 0.0566. The number of carbonyl (C=O) groups excluding carboxylic acids is 1. The van der Waals surface area contributed by atoms with Gasteiger partial charge in [0.25, 0.3) is 5.69 Å². The van der Waals surface area contributed by atoms with Crippen molar-refractivity contribution in [3.8, 4) is 5.75 Å². The Morgan fingerprint density at radius 3 is 2.79 bits per heavy atom. The van der Waals surface area contributed by atoms with Gasteiger partial charge in [0.15, 0.2) is 0 Å². The van der Waals surface area contributed by atoms with Crippen LogP contribution in [0, 0.1) is 10.1 Å². The van der Waals surface area contributed by atoms with Crippen LogP contribution in [0.25, 0.3) is 0 Å². The number of rotatable bonds is 7. The van der Waals surface area contributed by atoms with Crippen molar-refractivity contribution in [1.29, 1.82) is 0 Å². The molecule has 1 atom stereocenters. The lowest BCUT2D eigenvalue weighted by Crippen LogP contribution is -2.39. The number of amides is 1. The lowest BCUT2D eigenvalue weighted by Gasteiger charge is -2.33. The molecule has 1 amide bonds. The summed E-state index contributed by atoms with van der Waals surface area (Å²) in [6.07, 6.45) is 0.229. The predicted octanol–water partition coefficient (Wildman–Crippen LogP) is 3.66. The van der Waals surface area contributed by atoms with Crippen molar-refractivity contribution >= 4 is 28.9 Å². The Morgan fingerprint density at radius 2 is 2.10 bits per heavy atom. The van der Waals surface area contributed by atoms with Gasteiger partial charge >= 0.3 is 0 Å². The van der Waals surface area contributed by atoms with Crippen LogP contribution in [0.15, 0.2) is 42.5 Å². The third kappa shape index (κ3) is 5.66. The Bertz CT molecular complexity index is 875. The number of nitrogens with zero attached hydrogens (tertiary/aromatic N) is 2. The van der Waals surface area contributed by atoms with Crippen LogP contribution in [-0.2, 0) is 9.53 Å². The van der Waals surface area contributed by atoms with E-state index < -0.39 is 4.92 Å². The van der Waals surface area contributed by atoms with Crippen molar-refractivity contribution in [2.45, 2.75) is 12.5 Å². The Labute approximate surface area is 173 Å². The lowest BCUT2D eigenvalue weighted by molar-refractivity contribution is -0.384. The Morgan fingerprint density at radius 1 is 1.34 bits per heavy atom. The standard InChI is InChI=1S/C20H22ClN3O5/c1-28-18-12-16(24(26)27)6-7-17(18)22-20(25)8-9-23-10-11-29-19(13-23)14-2-4-15(21)5-3-14/h2-7,12,19H,8-11,13H2,1H3,(H,22,25)/t19-/m0/s1. The highest BCUT2D eigenvalue weighted by atomic mass is 35.5. The summed E-state index contributed by atoms with van der Waals surface area (Å²) in [5, 5.41) is 14.3. The molecule has 29 heavy (non-hydrogen) atoms. The van der Waals surface area contributed by atoms with Crippen molar-refractivity contribution in [1.82, 2.24) is 4.90 Å². The summed E-state index contributed by atoms with van der Waals surface area (Å²) in [5.74, 6) is 0.0633. The Hall–Kier alpha value is -2.68. The van der Waals surface area contributed by atoms with Gasteiger partial charge in [-0.2, -0.15) is 0 Å². The molecule has 2 aromatic rings. The quantitative estimate of drug-likeness (QED) is 0.543.